The fourth-order valence-electron chi connectivity index (χ4n) is 2.48. The molecule has 0 spiro atoms. The number of nitrogens with one attached hydrogen (secondary N) is 1. The van der Waals surface area contributed by atoms with Crippen molar-refractivity contribution in [1.29, 1.82) is 0 Å². The van der Waals surface area contributed by atoms with E-state index >= 15 is 0 Å². The van der Waals surface area contributed by atoms with Crippen molar-refractivity contribution in [2.45, 2.75) is 26.3 Å². The molecule has 3 rings (SSSR count). The molecule has 6 heteroatoms. The van der Waals surface area contributed by atoms with Crippen LogP contribution in [0.2, 0.25) is 0 Å². The molecule has 108 valence electrons. The maximum Gasteiger partial charge on any atom is 0.278 e. The summed E-state index contributed by atoms with van der Waals surface area (Å²) in [5, 5.41) is 5.45. The van der Waals surface area contributed by atoms with Crippen LogP contribution in [0, 0.1) is 6.92 Å². The van der Waals surface area contributed by atoms with E-state index in [9.17, 15) is 9.59 Å². The van der Waals surface area contributed by atoms with Crippen LogP contribution in [0.15, 0.2) is 29.6 Å². The van der Waals surface area contributed by atoms with Crippen LogP contribution >= 0.6 is 11.3 Å². The number of aromatic nitrogens is 1. The van der Waals surface area contributed by atoms with Crippen LogP contribution < -0.4 is 10.2 Å². The van der Waals surface area contributed by atoms with Crippen molar-refractivity contribution in [1.82, 2.24) is 4.98 Å². The molecule has 2 amide bonds. The Balaban J connectivity index is 2.07. The van der Waals surface area contributed by atoms with E-state index in [1.54, 1.807) is 16.3 Å². The van der Waals surface area contributed by atoms with Gasteiger partial charge in [0.1, 0.15) is 5.69 Å². The fraction of sp³-hybridized carbons (Fsp3) is 0.267. The summed E-state index contributed by atoms with van der Waals surface area (Å²) in [5.41, 5.74) is 1.80. The normalized spacial score (nSPS) is 17.9. The number of hydrogen-bond donors (Lipinski definition) is 1. The average molecular weight is 301 g/mol. The first-order valence-corrected chi connectivity index (χ1v) is 7.59. The molecule has 0 fully saturated rings. The van der Waals surface area contributed by atoms with Gasteiger partial charge in [-0.3, -0.25) is 9.59 Å². The quantitative estimate of drug-likeness (QED) is 0.881. The van der Waals surface area contributed by atoms with Crippen molar-refractivity contribution < 1.29 is 9.59 Å². The molecule has 5 nitrogen and oxygen atoms in total. The minimum absolute atomic E-state index is 0.0836. The van der Waals surface area contributed by atoms with Crippen LogP contribution in [0.4, 0.5) is 11.4 Å². The van der Waals surface area contributed by atoms with Crippen molar-refractivity contribution in [3.05, 3.63) is 40.3 Å². The van der Waals surface area contributed by atoms with E-state index < -0.39 is 0 Å². The second-order valence-corrected chi connectivity index (χ2v) is 6.11. The number of rotatable bonds is 1. The molecular weight excluding hydrogens is 286 g/mol. The minimum atomic E-state index is -0.219. The molecular formula is C15H15N3O2S. The van der Waals surface area contributed by atoms with Gasteiger partial charge in [0.25, 0.3) is 5.91 Å². The molecule has 0 saturated carbocycles. The molecule has 1 aliphatic rings. The smallest absolute Gasteiger partial charge is 0.278 e. The van der Waals surface area contributed by atoms with Gasteiger partial charge in [0.15, 0.2) is 0 Å². The summed E-state index contributed by atoms with van der Waals surface area (Å²) in [6.07, 6.45) is 0.267. The number of thiazole rings is 1. The van der Waals surface area contributed by atoms with Crippen molar-refractivity contribution in [3.8, 4) is 0 Å². The maximum absolute atomic E-state index is 12.8. The number of amides is 2. The van der Waals surface area contributed by atoms with Gasteiger partial charge in [-0.2, -0.15) is 0 Å². The summed E-state index contributed by atoms with van der Waals surface area (Å²) in [6.45, 7) is 3.74. The lowest BCUT2D eigenvalue weighted by atomic mass is 10.1. The Morgan fingerprint density at radius 3 is 2.90 bits per heavy atom. The Morgan fingerprint density at radius 1 is 1.43 bits per heavy atom. The molecule has 1 N–H and O–H groups in total. The maximum atomic E-state index is 12.8. The van der Waals surface area contributed by atoms with Crippen LogP contribution in [0.5, 0.6) is 0 Å². The molecule has 0 bridgehead atoms. The number of fused-ring (bicyclic) bond motifs is 1. The molecule has 2 heterocycles. The van der Waals surface area contributed by atoms with Crippen molar-refractivity contribution >= 4 is 34.5 Å². The van der Waals surface area contributed by atoms with E-state index in [2.05, 4.69) is 10.3 Å². The van der Waals surface area contributed by atoms with E-state index in [4.69, 9.17) is 0 Å². The Kier molecular flexibility index (Phi) is 3.47. The van der Waals surface area contributed by atoms with Crippen molar-refractivity contribution in [2.75, 3.05) is 10.2 Å². The van der Waals surface area contributed by atoms with Gasteiger partial charge in [-0.15, -0.1) is 11.3 Å². The van der Waals surface area contributed by atoms with Crippen LogP contribution in [0.3, 0.4) is 0 Å². The molecule has 1 aliphatic heterocycles. The molecule has 1 aromatic heterocycles. The molecule has 1 atom stereocenters. The third kappa shape index (κ3) is 2.54. The molecule has 0 aliphatic carbocycles. The minimum Gasteiger partial charge on any atom is -0.324 e. The Bertz CT molecular complexity index is 710. The highest BCUT2D eigenvalue weighted by Gasteiger charge is 2.31. The number of carbonyl (C=O) groups excluding carboxylic acids is 2. The third-order valence-corrected chi connectivity index (χ3v) is 4.19. The summed E-state index contributed by atoms with van der Waals surface area (Å²) >= 11 is 1.44. The number of hydrogen-bond acceptors (Lipinski definition) is 4. The number of aryl methyl sites for hydroxylation is 1. The standard InChI is InChI=1S/C15H15N3O2S/c1-9-7-14(19)17-11-5-3-4-6-13(11)18(9)15(20)12-8-21-10(2)16-12/h3-6,8-9H,7H2,1-2H3,(H,17,19)/t9-/m0/s1. The lowest BCUT2D eigenvalue weighted by Crippen LogP contribution is -2.39. The van der Waals surface area contributed by atoms with Gasteiger partial charge in [-0.05, 0) is 26.0 Å². The SMILES string of the molecule is Cc1nc(C(=O)N2c3ccccc3NC(=O)C[C@@H]2C)cs1. The average Bonchev–Trinajstić information content (AvgIpc) is 2.81. The van der Waals surface area contributed by atoms with Crippen LogP contribution in [-0.4, -0.2) is 22.8 Å². The largest absolute Gasteiger partial charge is 0.324 e. The van der Waals surface area contributed by atoms with Gasteiger partial charge in [-0.1, -0.05) is 12.1 Å². The first-order chi connectivity index (χ1) is 10.1. The van der Waals surface area contributed by atoms with E-state index in [0.29, 0.717) is 17.1 Å². The molecule has 2 aromatic rings. The summed E-state index contributed by atoms with van der Waals surface area (Å²) in [7, 11) is 0. The van der Waals surface area contributed by atoms with Crippen molar-refractivity contribution in [2.24, 2.45) is 0 Å². The van der Waals surface area contributed by atoms with Crippen LogP contribution in [0.25, 0.3) is 0 Å². The van der Waals surface area contributed by atoms with Gasteiger partial charge in [0, 0.05) is 17.8 Å². The first-order valence-electron chi connectivity index (χ1n) is 6.71. The number of benzene rings is 1. The Hall–Kier alpha value is -2.21. The molecule has 0 saturated heterocycles. The van der Waals surface area contributed by atoms with Crippen molar-refractivity contribution in [3.63, 3.8) is 0 Å². The third-order valence-electron chi connectivity index (χ3n) is 3.42. The number of nitrogens with zero attached hydrogens (tertiary/aromatic N) is 2. The lowest BCUT2D eigenvalue weighted by molar-refractivity contribution is -0.116. The molecule has 0 radical (unpaired) electrons. The second-order valence-electron chi connectivity index (χ2n) is 5.05. The van der Waals surface area contributed by atoms with Gasteiger partial charge in [-0.25, -0.2) is 4.98 Å². The highest BCUT2D eigenvalue weighted by atomic mass is 32.1. The van der Waals surface area contributed by atoms with E-state index in [1.807, 2.05) is 32.0 Å². The van der Waals surface area contributed by atoms with Gasteiger partial charge >= 0.3 is 0 Å². The van der Waals surface area contributed by atoms with E-state index in [1.165, 1.54) is 11.3 Å². The van der Waals surface area contributed by atoms with Gasteiger partial charge in [0.05, 0.1) is 16.4 Å². The number of anilines is 2. The van der Waals surface area contributed by atoms with Gasteiger partial charge < -0.3 is 10.2 Å². The summed E-state index contributed by atoms with van der Waals surface area (Å²) in [6, 6.07) is 7.12. The highest BCUT2D eigenvalue weighted by molar-refractivity contribution is 7.09. The zero-order chi connectivity index (χ0) is 15.0. The summed E-state index contributed by atoms with van der Waals surface area (Å²) < 4.78 is 0. The molecule has 0 unspecified atom stereocenters. The Morgan fingerprint density at radius 2 is 2.19 bits per heavy atom. The monoisotopic (exact) mass is 301 g/mol. The number of carbonyl (C=O) groups is 2. The number of para-hydroxylation sites is 2. The lowest BCUT2D eigenvalue weighted by Gasteiger charge is -2.27. The van der Waals surface area contributed by atoms with Crippen LogP contribution in [-0.2, 0) is 4.79 Å². The molecule has 21 heavy (non-hydrogen) atoms. The van der Waals surface area contributed by atoms with Gasteiger partial charge in [0.2, 0.25) is 5.91 Å². The van der Waals surface area contributed by atoms with E-state index in [0.717, 1.165) is 5.01 Å². The fourth-order valence-corrected chi connectivity index (χ4v) is 3.07. The zero-order valence-corrected chi connectivity index (χ0v) is 12.6. The first kappa shape index (κ1) is 13.8. The molecule has 1 aromatic carbocycles. The zero-order valence-electron chi connectivity index (χ0n) is 11.8. The second kappa shape index (κ2) is 5.29. The van der Waals surface area contributed by atoms with E-state index in [-0.39, 0.29) is 24.3 Å². The summed E-state index contributed by atoms with van der Waals surface area (Å²) in [5.74, 6) is -0.254. The highest BCUT2D eigenvalue weighted by Crippen LogP contribution is 2.32. The Labute approximate surface area is 126 Å². The predicted octanol–water partition coefficient (Wildman–Crippen LogP) is 2.83. The van der Waals surface area contributed by atoms with Crippen LogP contribution in [0.1, 0.15) is 28.8 Å². The topological polar surface area (TPSA) is 62.3 Å². The summed E-state index contributed by atoms with van der Waals surface area (Å²) in [4.78, 5) is 30.6. The predicted molar refractivity (Wildman–Crippen MR) is 82.8 cm³/mol.